The molecule has 1 atom stereocenters. The van der Waals surface area contributed by atoms with Crippen LogP contribution >= 0.6 is 0 Å². The summed E-state index contributed by atoms with van der Waals surface area (Å²) in [7, 11) is 0. The largest absolute Gasteiger partial charge is 0.390 e. The van der Waals surface area contributed by atoms with E-state index in [0.717, 1.165) is 25.3 Å². The molecular formula is C8H16N2O. The first kappa shape index (κ1) is 8.68. The van der Waals surface area contributed by atoms with Crippen molar-refractivity contribution < 1.29 is 5.11 Å². The molecule has 0 aromatic carbocycles. The summed E-state index contributed by atoms with van der Waals surface area (Å²) in [4.78, 5) is 4.25. The average Bonchev–Trinajstić information content (AvgIpc) is 2.52. The van der Waals surface area contributed by atoms with Crippen molar-refractivity contribution in [3.63, 3.8) is 0 Å². The van der Waals surface area contributed by atoms with Crippen LogP contribution in [0.4, 0.5) is 0 Å². The van der Waals surface area contributed by atoms with Gasteiger partial charge in [0.1, 0.15) is 0 Å². The molecule has 1 fully saturated rings. The molecule has 0 bridgehead atoms. The van der Waals surface area contributed by atoms with Gasteiger partial charge in [0.2, 0.25) is 0 Å². The van der Waals surface area contributed by atoms with Crippen LogP contribution in [0.1, 0.15) is 13.3 Å². The Hall–Kier alpha value is -0.410. The first-order valence-electron chi connectivity index (χ1n) is 4.14. The minimum Gasteiger partial charge on any atom is -0.390 e. The number of aliphatic imine (C=N–C) groups is 1. The lowest BCUT2D eigenvalue weighted by Gasteiger charge is -2.03. The van der Waals surface area contributed by atoms with Crippen molar-refractivity contribution in [1.82, 2.24) is 5.32 Å². The molecule has 2 N–H and O–H groups in total. The maximum atomic E-state index is 8.66. The normalized spacial score (nSPS) is 26.0. The van der Waals surface area contributed by atoms with E-state index >= 15 is 0 Å². The summed E-state index contributed by atoms with van der Waals surface area (Å²) in [6, 6.07) is 0. The zero-order valence-corrected chi connectivity index (χ0v) is 7.01. The van der Waals surface area contributed by atoms with E-state index in [9.17, 15) is 0 Å². The van der Waals surface area contributed by atoms with E-state index in [1.165, 1.54) is 6.42 Å². The Morgan fingerprint density at radius 1 is 1.73 bits per heavy atom. The van der Waals surface area contributed by atoms with Crippen molar-refractivity contribution >= 4 is 5.71 Å². The number of hydrogen-bond donors (Lipinski definition) is 2. The molecule has 1 aliphatic rings. The van der Waals surface area contributed by atoms with Gasteiger partial charge in [-0.05, 0) is 32.4 Å². The summed E-state index contributed by atoms with van der Waals surface area (Å²) in [5, 5.41) is 11.9. The molecule has 1 rings (SSSR count). The van der Waals surface area contributed by atoms with Crippen molar-refractivity contribution in [2.24, 2.45) is 10.9 Å². The quantitative estimate of drug-likeness (QED) is 0.567. The van der Waals surface area contributed by atoms with Crippen molar-refractivity contribution in [3.05, 3.63) is 0 Å². The molecule has 0 spiro atoms. The van der Waals surface area contributed by atoms with Crippen LogP contribution in [0.3, 0.4) is 0 Å². The predicted octanol–water partition coefficient (Wildman–Crippen LogP) is 0.0491. The summed E-state index contributed by atoms with van der Waals surface area (Å²) in [5.74, 6) is 0.691. The van der Waals surface area contributed by atoms with Crippen LogP contribution < -0.4 is 5.32 Å². The highest BCUT2D eigenvalue weighted by Crippen LogP contribution is 2.07. The third kappa shape index (κ3) is 2.99. The lowest BCUT2D eigenvalue weighted by molar-refractivity contribution is 0.356. The van der Waals surface area contributed by atoms with Gasteiger partial charge in [-0.3, -0.25) is 4.99 Å². The summed E-state index contributed by atoms with van der Waals surface area (Å²) in [5.41, 5.74) is 0.844. The number of nitrogens with one attached hydrogen (secondary N) is 1. The molecule has 3 nitrogen and oxygen atoms in total. The van der Waals surface area contributed by atoms with Crippen LogP contribution in [0.5, 0.6) is 0 Å². The Bertz CT molecular complexity index is 139. The molecule has 0 aromatic heterocycles. The highest BCUT2D eigenvalue weighted by Gasteiger charge is 2.12. The summed E-state index contributed by atoms with van der Waals surface area (Å²) in [6.07, 6.45) is 1.22. The molecule has 1 heterocycles. The van der Waals surface area contributed by atoms with Gasteiger partial charge in [-0.15, -0.1) is 0 Å². The fourth-order valence-electron chi connectivity index (χ4n) is 1.21. The number of aliphatic hydroxyl groups excluding tert-OH is 1. The second-order valence-corrected chi connectivity index (χ2v) is 3.09. The average molecular weight is 156 g/mol. The molecule has 1 aliphatic heterocycles. The lowest BCUT2D eigenvalue weighted by Crippen LogP contribution is -2.12. The van der Waals surface area contributed by atoms with Crippen molar-refractivity contribution in [2.75, 3.05) is 26.2 Å². The molecule has 0 saturated carbocycles. The van der Waals surface area contributed by atoms with Crippen LogP contribution in [0.25, 0.3) is 0 Å². The second kappa shape index (κ2) is 4.46. The standard InChI is InChI=1S/C8H16N2O/c1-7(6-11)10-5-8-2-3-9-4-8/h8-9,11H,2-6H2,1H3/b10-7-/t8-/m0/s1. The molecule has 0 aromatic rings. The van der Waals surface area contributed by atoms with Gasteiger partial charge in [-0.2, -0.15) is 0 Å². The van der Waals surface area contributed by atoms with Crippen LogP contribution in [-0.4, -0.2) is 37.1 Å². The topological polar surface area (TPSA) is 44.6 Å². The number of hydrogen-bond acceptors (Lipinski definition) is 3. The van der Waals surface area contributed by atoms with E-state index in [2.05, 4.69) is 10.3 Å². The number of rotatable bonds is 3. The van der Waals surface area contributed by atoms with Gasteiger partial charge in [-0.25, -0.2) is 0 Å². The molecule has 64 valence electrons. The maximum Gasteiger partial charge on any atom is 0.0806 e. The third-order valence-electron chi connectivity index (χ3n) is 2.01. The van der Waals surface area contributed by atoms with Crippen molar-refractivity contribution in [3.8, 4) is 0 Å². The third-order valence-corrected chi connectivity index (χ3v) is 2.01. The zero-order chi connectivity index (χ0) is 8.10. The highest BCUT2D eigenvalue weighted by molar-refractivity contribution is 5.82. The molecule has 11 heavy (non-hydrogen) atoms. The minimum absolute atomic E-state index is 0.0974. The Morgan fingerprint density at radius 2 is 2.55 bits per heavy atom. The van der Waals surface area contributed by atoms with Crippen LogP contribution in [0.15, 0.2) is 4.99 Å². The smallest absolute Gasteiger partial charge is 0.0806 e. The van der Waals surface area contributed by atoms with E-state index in [4.69, 9.17) is 5.11 Å². The lowest BCUT2D eigenvalue weighted by atomic mass is 10.1. The first-order valence-corrected chi connectivity index (χ1v) is 4.14. The Labute approximate surface area is 67.5 Å². The van der Waals surface area contributed by atoms with Crippen LogP contribution in [0.2, 0.25) is 0 Å². The number of aliphatic hydroxyl groups is 1. The maximum absolute atomic E-state index is 8.66. The predicted molar refractivity (Wildman–Crippen MR) is 46.0 cm³/mol. The molecular weight excluding hydrogens is 140 g/mol. The zero-order valence-electron chi connectivity index (χ0n) is 7.01. The fraction of sp³-hybridized carbons (Fsp3) is 0.875. The molecule has 1 saturated heterocycles. The van der Waals surface area contributed by atoms with Crippen LogP contribution in [-0.2, 0) is 0 Å². The van der Waals surface area contributed by atoms with E-state index in [1.54, 1.807) is 0 Å². The van der Waals surface area contributed by atoms with E-state index in [0.29, 0.717) is 5.92 Å². The molecule has 0 aliphatic carbocycles. The highest BCUT2D eigenvalue weighted by atomic mass is 16.3. The van der Waals surface area contributed by atoms with Gasteiger partial charge in [-0.1, -0.05) is 0 Å². The Morgan fingerprint density at radius 3 is 3.09 bits per heavy atom. The van der Waals surface area contributed by atoms with Gasteiger partial charge >= 0.3 is 0 Å². The van der Waals surface area contributed by atoms with Crippen LogP contribution in [0, 0.1) is 5.92 Å². The minimum atomic E-state index is 0.0974. The molecule has 0 radical (unpaired) electrons. The SMILES string of the molecule is C/C(CO)=N/C[C@H]1CCNC1. The van der Waals surface area contributed by atoms with E-state index < -0.39 is 0 Å². The molecule has 3 heteroatoms. The van der Waals surface area contributed by atoms with Gasteiger partial charge < -0.3 is 10.4 Å². The fourth-order valence-corrected chi connectivity index (χ4v) is 1.21. The molecule has 0 amide bonds. The number of nitrogens with zero attached hydrogens (tertiary/aromatic N) is 1. The van der Waals surface area contributed by atoms with Gasteiger partial charge in [0.25, 0.3) is 0 Å². The second-order valence-electron chi connectivity index (χ2n) is 3.09. The molecule has 0 unspecified atom stereocenters. The van der Waals surface area contributed by atoms with Gasteiger partial charge in [0, 0.05) is 12.3 Å². The van der Waals surface area contributed by atoms with Gasteiger partial charge in [0.15, 0.2) is 0 Å². The van der Waals surface area contributed by atoms with Crippen molar-refractivity contribution in [2.45, 2.75) is 13.3 Å². The Kier molecular flexibility index (Phi) is 3.52. The van der Waals surface area contributed by atoms with Crippen molar-refractivity contribution in [1.29, 1.82) is 0 Å². The first-order chi connectivity index (χ1) is 5.33. The van der Waals surface area contributed by atoms with E-state index in [1.807, 2.05) is 6.92 Å². The summed E-state index contributed by atoms with van der Waals surface area (Å²) >= 11 is 0. The van der Waals surface area contributed by atoms with E-state index in [-0.39, 0.29) is 6.61 Å². The Balaban J connectivity index is 2.19. The summed E-state index contributed by atoms with van der Waals surface area (Å²) in [6.45, 7) is 5.04. The van der Waals surface area contributed by atoms with Gasteiger partial charge in [0.05, 0.1) is 6.61 Å². The summed E-state index contributed by atoms with van der Waals surface area (Å²) < 4.78 is 0. The monoisotopic (exact) mass is 156 g/mol.